The van der Waals surface area contributed by atoms with Gasteiger partial charge >= 0.3 is 0 Å². The van der Waals surface area contributed by atoms with Crippen LogP contribution in [0.3, 0.4) is 0 Å². The second kappa shape index (κ2) is 8.81. The Morgan fingerprint density at radius 1 is 1.19 bits per heavy atom. The highest BCUT2D eigenvalue weighted by Crippen LogP contribution is 2.30. The van der Waals surface area contributed by atoms with Gasteiger partial charge in [0, 0.05) is 13.0 Å². The first-order valence-corrected chi connectivity index (χ1v) is 8.71. The van der Waals surface area contributed by atoms with Crippen LogP contribution in [0.2, 0.25) is 0 Å². The second-order valence-electron chi connectivity index (χ2n) is 6.30. The van der Waals surface area contributed by atoms with Crippen molar-refractivity contribution in [2.75, 3.05) is 19.7 Å². The highest BCUT2D eigenvalue weighted by Gasteiger charge is 2.29. The molecule has 0 aliphatic carbocycles. The Labute approximate surface area is 156 Å². The standard InChI is InChI=1S/C20H21F2NO4/c21-20(22)17-3-1-2-4-18(17)27-16-9-10-23(11-16)19(25)13-26-15-7-5-14(12-24)6-8-15/h1-8,16,20,24H,9-13H2/t16-/m1/s1. The van der Waals surface area contributed by atoms with Crippen molar-refractivity contribution >= 4 is 5.91 Å². The average Bonchev–Trinajstić information content (AvgIpc) is 3.15. The van der Waals surface area contributed by atoms with Gasteiger partial charge in [-0.2, -0.15) is 0 Å². The number of carbonyl (C=O) groups excluding carboxylic acids is 1. The number of aliphatic hydroxyl groups is 1. The minimum atomic E-state index is -2.61. The highest BCUT2D eigenvalue weighted by molar-refractivity contribution is 5.78. The predicted molar refractivity (Wildman–Crippen MR) is 94.9 cm³/mol. The lowest BCUT2D eigenvalue weighted by molar-refractivity contribution is -0.132. The molecule has 0 saturated carbocycles. The number of ether oxygens (including phenoxy) is 2. The lowest BCUT2D eigenvalue weighted by atomic mass is 10.2. The van der Waals surface area contributed by atoms with Crippen molar-refractivity contribution in [2.24, 2.45) is 0 Å². The van der Waals surface area contributed by atoms with Crippen LogP contribution in [0, 0.1) is 0 Å². The fourth-order valence-electron chi connectivity index (χ4n) is 2.93. The summed E-state index contributed by atoms with van der Waals surface area (Å²) >= 11 is 0. The Bertz CT molecular complexity index is 767. The summed E-state index contributed by atoms with van der Waals surface area (Å²) in [5.41, 5.74) is 0.620. The monoisotopic (exact) mass is 377 g/mol. The molecule has 1 amide bonds. The van der Waals surface area contributed by atoms with Crippen molar-refractivity contribution in [1.29, 1.82) is 0 Å². The molecule has 1 fully saturated rings. The topological polar surface area (TPSA) is 59.0 Å². The fourth-order valence-corrected chi connectivity index (χ4v) is 2.93. The smallest absolute Gasteiger partial charge is 0.267 e. The van der Waals surface area contributed by atoms with E-state index in [1.165, 1.54) is 12.1 Å². The summed E-state index contributed by atoms with van der Waals surface area (Å²) in [6.45, 7) is 0.665. The number of rotatable bonds is 7. The summed E-state index contributed by atoms with van der Waals surface area (Å²) in [6, 6.07) is 12.9. The Morgan fingerprint density at radius 2 is 1.93 bits per heavy atom. The molecule has 2 aromatic carbocycles. The van der Waals surface area contributed by atoms with Crippen LogP contribution in [-0.2, 0) is 11.4 Å². The van der Waals surface area contributed by atoms with Gasteiger partial charge in [0.15, 0.2) is 6.61 Å². The zero-order valence-electron chi connectivity index (χ0n) is 14.7. The molecule has 0 radical (unpaired) electrons. The van der Waals surface area contributed by atoms with Gasteiger partial charge in [0.2, 0.25) is 0 Å². The highest BCUT2D eigenvalue weighted by atomic mass is 19.3. The molecule has 144 valence electrons. The molecular weight excluding hydrogens is 356 g/mol. The first kappa shape index (κ1) is 19.1. The van der Waals surface area contributed by atoms with E-state index in [0.29, 0.717) is 25.3 Å². The van der Waals surface area contributed by atoms with Crippen LogP contribution in [0.15, 0.2) is 48.5 Å². The number of amides is 1. The van der Waals surface area contributed by atoms with Crippen LogP contribution in [0.5, 0.6) is 11.5 Å². The molecule has 27 heavy (non-hydrogen) atoms. The first-order chi connectivity index (χ1) is 13.1. The number of nitrogens with zero attached hydrogens (tertiary/aromatic N) is 1. The molecule has 1 saturated heterocycles. The normalized spacial score (nSPS) is 16.6. The Hall–Kier alpha value is -2.67. The van der Waals surface area contributed by atoms with Gasteiger partial charge in [-0.25, -0.2) is 8.78 Å². The van der Waals surface area contributed by atoms with E-state index in [1.54, 1.807) is 41.3 Å². The molecule has 1 heterocycles. The summed E-state index contributed by atoms with van der Waals surface area (Å²) in [7, 11) is 0. The summed E-state index contributed by atoms with van der Waals surface area (Å²) < 4.78 is 37.3. The molecule has 7 heteroatoms. The summed E-state index contributed by atoms with van der Waals surface area (Å²) in [5, 5.41) is 9.01. The molecule has 0 spiro atoms. The lowest BCUT2D eigenvalue weighted by Crippen LogP contribution is -2.34. The van der Waals surface area contributed by atoms with Crippen molar-refractivity contribution in [1.82, 2.24) is 4.90 Å². The quantitative estimate of drug-likeness (QED) is 0.805. The number of halogens is 2. The van der Waals surface area contributed by atoms with Crippen LogP contribution < -0.4 is 9.47 Å². The third-order valence-corrected chi connectivity index (χ3v) is 4.41. The number of hydrogen-bond donors (Lipinski definition) is 1. The largest absolute Gasteiger partial charge is 0.488 e. The SMILES string of the molecule is O=C(COc1ccc(CO)cc1)N1CC[C@@H](Oc2ccccc2C(F)F)C1. The number of likely N-dealkylation sites (tertiary alicyclic amines) is 1. The van der Waals surface area contributed by atoms with Gasteiger partial charge in [0.25, 0.3) is 12.3 Å². The van der Waals surface area contributed by atoms with Crippen molar-refractivity contribution in [2.45, 2.75) is 25.6 Å². The zero-order valence-corrected chi connectivity index (χ0v) is 14.7. The van der Waals surface area contributed by atoms with E-state index < -0.39 is 6.43 Å². The van der Waals surface area contributed by atoms with E-state index in [-0.39, 0.29) is 36.5 Å². The third-order valence-electron chi connectivity index (χ3n) is 4.41. The molecular formula is C20H21F2NO4. The van der Waals surface area contributed by atoms with Crippen molar-refractivity contribution in [3.63, 3.8) is 0 Å². The Morgan fingerprint density at radius 3 is 2.63 bits per heavy atom. The maximum absolute atomic E-state index is 13.0. The van der Waals surface area contributed by atoms with E-state index in [2.05, 4.69) is 0 Å². The van der Waals surface area contributed by atoms with Gasteiger partial charge in [-0.3, -0.25) is 4.79 Å². The van der Waals surface area contributed by atoms with E-state index in [0.717, 1.165) is 5.56 Å². The molecule has 1 atom stereocenters. The molecule has 0 bridgehead atoms. The average molecular weight is 377 g/mol. The maximum Gasteiger partial charge on any atom is 0.267 e. The number of alkyl halides is 2. The summed E-state index contributed by atoms with van der Waals surface area (Å²) in [4.78, 5) is 13.9. The van der Waals surface area contributed by atoms with Crippen LogP contribution in [0.1, 0.15) is 24.0 Å². The molecule has 0 aromatic heterocycles. The Kier molecular flexibility index (Phi) is 6.24. The first-order valence-electron chi connectivity index (χ1n) is 8.71. The molecule has 1 N–H and O–H groups in total. The summed E-state index contributed by atoms with van der Waals surface area (Å²) in [6.07, 6.45) is -2.35. The third kappa shape index (κ3) is 4.95. The molecule has 1 aliphatic heterocycles. The maximum atomic E-state index is 13.0. The minimum Gasteiger partial charge on any atom is -0.488 e. The minimum absolute atomic E-state index is 0.0525. The molecule has 3 rings (SSSR count). The van der Waals surface area contributed by atoms with Crippen molar-refractivity contribution < 1.29 is 28.2 Å². The van der Waals surface area contributed by atoms with Crippen LogP contribution in [0.25, 0.3) is 0 Å². The van der Waals surface area contributed by atoms with Gasteiger partial charge in [0.05, 0.1) is 18.7 Å². The van der Waals surface area contributed by atoms with Crippen molar-refractivity contribution in [3.05, 3.63) is 59.7 Å². The second-order valence-corrected chi connectivity index (χ2v) is 6.30. The lowest BCUT2D eigenvalue weighted by Gasteiger charge is -2.18. The predicted octanol–water partition coefficient (Wildman–Crippen LogP) is 3.18. The van der Waals surface area contributed by atoms with Gasteiger partial charge in [-0.15, -0.1) is 0 Å². The molecule has 1 aliphatic rings. The van der Waals surface area contributed by atoms with E-state index in [4.69, 9.17) is 14.6 Å². The Balaban J connectivity index is 1.50. The van der Waals surface area contributed by atoms with Gasteiger partial charge in [-0.05, 0) is 29.8 Å². The zero-order chi connectivity index (χ0) is 19.2. The fraction of sp³-hybridized carbons (Fsp3) is 0.350. The van der Waals surface area contributed by atoms with Gasteiger partial charge < -0.3 is 19.5 Å². The molecule has 0 unspecified atom stereocenters. The summed E-state index contributed by atoms with van der Waals surface area (Å²) in [5.74, 6) is 0.514. The number of para-hydroxylation sites is 1. The molecule has 2 aromatic rings. The number of aliphatic hydroxyl groups excluding tert-OH is 1. The van der Waals surface area contributed by atoms with E-state index >= 15 is 0 Å². The number of carbonyl (C=O) groups is 1. The van der Waals surface area contributed by atoms with Gasteiger partial charge in [-0.1, -0.05) is 24.3 Å². The van der Waals surface area contributed by atoms with Crippen LogP contribution in [0.4, 0.5) is 8.78 Å². The van der Waals surface area contributed by atoms with E-state index in [1.807, 2.05) is 0 Å². The number of hydrogen-bond acceptors (Lipinski definition) is 4. The van der Waals surface area contributed by atoms with Gasteiger partial charge in [0.1, 0.15) is 17.6 Å². The van der Waals surface area contributed by atoms with Crippen molar-refractivity contribution in [3.8, 4) is 11.5 Å². The van der Waals surface area contributed by atoms with Crippen LogP contribution in [-0.4, -0.2) is 41.7 Å². The number of benzene rings is 2. The van der Waals surface area contributed by atoms with E-state index in [9.17, 15) is 13.6 Å². The van der Waals surface area contributed by atoms with Crippen LogP contribution >= 0.6 is 0 Å². The molecule has 5 nitrogen and oxygen atoms in total.